The monoisotopic (exact) mass is 287 g/mol. The van der Waals surface area contributed by atoms with Crippen molar-refractivity contribution in [2.24, 2.45) is 11.7 Å². The largest absolute Gasteiger partial charge is 0.495 e. The van der Waals surface area contributed by atoms with Crippen molar-refractivity contribution in [3.63, 3.8) is 0 Å². The summed E-state index contributed by atoms with van der Waals surface area (Å²) in [6.07, 6.45) is 0.905. The first-order valence-corrected chi connectivity index (χ1v) is 6.02. The third-order valence-electron chi connectivity index (χ3n) is 2.54. The van der Waals surface area contributed by atoms with E-state index in [2.05, 4.69) is 22.9 Å². The van der Waals surface area contributed by atoms with Crippen molar-refractivity contribution in [1.29, 1.82) is 0 Å². The van der Waals surface area contributed by atoms with Crippen LogP contribution >= 0.6 is 15.9 Å². The van der Waals surface area contributed by atoms with Crippen LogP contribution in [0.1, 0.15) is 12.5 Å². The van der Waals surface area contributed by atoms with Crippen LogP contribution in [0, 0.1) is 5.92 Å². The maximum Gasteiger partial charge on any atom is 0.140 e. The lowest BCUT2D eigenvalue weighted by molar-refractivity contribution is 0.384. The van der Waals surface area contributed by atoms with Crippen LogP contribution in [0.25, 0.3) is 0 Å². The molecule has 2 N–H and O–H groups in total. The van der Waals surface area contributed by atoms with Crippen molar-refractivity contribution < 1.29 is 9.47 Å². The molecule has 0 aliphatic rings. The molecule has 1 unspecified atom stereocenters. The molecule has 1 rings (SSSR count). The zero-order chi connectivity index (χ0) is 12.1. The van der Waals surface area contributed by atoms with Crippen LogP contribution in [0.2, 0.25) is 0 Å². The van der Waals surface area contributed by atoms with E-state index in [1.54, 1.807) is 14.2 Å². The molecular formula is C12H18BrNO2. The molecule has 0 spiro atoms. The molecule has 0 saturated carbocycles. The van der Waals surface area contributed by atoms with Gasteiger partial charge >= 0.3 is 0 Å². The maximum absolute atomic E-state index is 5.63. The number of nitrogens with two attached hydrogens (primary N) is 1. The van der Waals surface area contributed by atoms with E-state index in [1.165, 1.54) is 0 Å². The highest BCUT2D eigenvalue weighted by Crippen LogP contribution is 2.37. The predicted octanol–water partition coefficient (Wildman–Crippen LogP) is 2.60. The number of benzene rings is 1. The van der Waals surface area contributed by atoms with Crippen LogP contribution in [-0.4, -0.2) is 20.8 Å². The summed E-state index contributed by atoms with van der Waals surface area (Å²) in [7, 11) is 3.30. The van der Waals surface area contributed by atoms with Crippen molar-refractivity contribution in [3.8, 4) is 11.5 Å². The Hall–Kier alpha value is -0.740. The highest BCUT2D eigenvalue weighted by atomic mass is 79.9. The first-order chi connectivity index (χ1) is 7.63. The first kappa shape index (κ1) is 13.3. The van der Waals surface area contributed by atoms with Gasteiger partial charge in [-0.05, 0) is 46.4 Å². The average molecular weight is 288 g/mol. The number of methoxy groups -OCH3 is 2. The molecule has 0 amide bonds. The SMILES string of the molecule is COc1ccc(CC(C)CN)c(OC)c1Br. The number of hydrogen-bond acceptors (Lipinski definition) is 3. The van der Waals surface area contributed by atoms with E-state index in [9.17, 15) is 0 Å². The molecule has 4 heteroatoms. The van der Waals surface area contributed by atoms with Gasteiger partial charge in [0.2, 0.25) is 0 Å². The quantitative estimate of drug-likeness (QED) is 0.905. The molecule has 3 nitrogen and oxygen atoms in total. The standard InChI is InChI=1S/C12H18BrNO2/c1-8(7-14)6-9-4-5-10(15-2)11(13)12(9)16-3/h4-5,8H,6-7,14H2,1-3H3. The first-order valence-electron chi connectivity index (χ1n) is 5.23. The molecule has 0 aliphatic carbocycles. The minimum Gasteiger partial charge on any atom is -0.495 e. The highest BCUT2D eigenvalue weighted by Gasteiger charge is 2.14. The molecule has 0 bridgehead atoms. The Balaban J connectivity index is 3.05. The van der Waals surface area contributed by atoms with Gasteiger partial charge in [0.15, 0.2) is 0 Å². The number of halogens is 1. The molecule has 0 radical (unpaired) electrons. The van der Waals surface area contributed by atoms with Gasteiger partial charge in [-0.1, -0.05) is 13.0 Å². The Labute approximate surface area is 105 Å². The topological polar surface area (TPSA) is 44.5 Å². The lowest BCUT2D eigenvalue weighted by Crippen LogP contribution is -2.13. The third-order valence-corrected chi connectivity index (χ3v) is 3.29. The van der Waals surface area contributed by atoms with E-state index in [4.69, 9.17) is 15.2 Å². The Kier molecular flexibility index (Phi) is 5.09. The predicted molar refractivity (Wildman–Crippen MR) is 69.2 cm³/mol. The molecule has 1 aromatic carbocycles. The molecule has 0 fully saturated rings. The Bertz CT molecular complexity index is 355. The van der Waals surface area contributed by atoms with Gasteiger partial charge in [0.25, 0.3) is 0 Å². The fourth-order valence-corrected chi connectivity index (χ4v) is 2.29. The molecule has 1 aromatic rings. The van der Waals surface area contributed by atoms with Gasteiger partial charge in [-0.3, -0.25) is 0 Å². The lowest BCUT2D eigenvalue weighted by Gasteiger charge is -2.15. The van der Waals surface area contributed by atoms with Crippen molar-refractivity contribution in [2.45, 2.75) is 13.3 Å². The van der Waals surface area contributed by atoms with Crippen molar-refractivity contribution in [2.75, 3.05) is 20.8 Å². The van der Waals surface area contributed by atoms with Crippen molar-refractivity contribution in [1.82, 2.24) is 0 Å². The molecule has 16 heavy (non-hydrogen) atoms. The van der Waals surface area contributed by atoms with Gasteiger partial charge in [-0.25, -0.2) is 0 Å². The van der Waals surface area contributed by atoms with E-state index >= 15 is 0 Å². The molecule has 0 saturated heterocycles. The normalized spacial score (nSPS) is 12.3. The summed E-state index contributed by atoms with van der Waals surface area (Å²) in [5.74, 6) is 2.05. The second kappa shape index (κ2) is 6.11. The Morgan fingerprint density at radius 1 is 1.31 bits per heavy atom. The zero-order valence-corrected chi connectivity index (χ0v) is 11.5. The smallest absolute Gasteiger partial charge is 0.140 e. The number of ether oxygens (including phenoxy) is 2. The van der Waals surface area contributed by atoms with Gasteiger partial charge in [0, 0.05) is 0 Å². The van der Waals surface area contributed by atoms with E-state index in [-0.39, 0.29) is 0 Å². The summed E-state index contributed by atoms with van der Waals surface area (Å²) in [5, 5.41) is 0. The van der Waals surface area contributed by atoms with Crippen LogP contribution in [0.15, 0.2) is 16.6 Å². The second-order valence-corrected chi connectivity index (χ2v) is 4.61. The van der Waals surface area contributed by atoms with Gasteiger partial charge in [0.1, 0.15) is 16.0 Å². The molecule has 1 atom stereocenters. The van der Waals surface area contributed by atoms with Gasteiger partial charge in [-0.15, -0.1) is 0 Å². The summed E-state index contributed by atoms with van der Waals surface area (Å²) >= 11 is 3.48. The minimum atomic E-state index is 0.439. The lowest BCUT2D eigenvalue weighted by atomic mass is 10.0. The summed E-state index contributed by atoms with van der Waals surface area (Å²) in [4.78, 5) is 0. The molecule has 0 aromatic heterocycles. The summed E-state index contributed by atoms with van der Waals surface area (Å²) < 4.78 is 11.5. The summed E-state index contributed by atoms with van der Waals surface area (Å²) in [6, 6.07) is 3.96. The molecule has 0 aliphatic heterocycles. The van der Waals surface area contributed by atoms with Crippen LogP contribution in [0.5, 0.6) is 11.5 Å². The van der Waals surface area contributed by atoms with Gasteiger partial charge in [-0.2, -0.15) is 0 Å². The van der Waals surface area contributed by atoms with Crippen molar-refractivity contribution >= 4 is 15.9 Å². The van der Waals surface area contributed by atoms with Crippen LogP contribution < -0.4 is 15.2 Å². The maximum atomic E-state index is 5.63. The van der Waals surface area contributed by atoms with Gasteiger partial charge < -0.3 is 15.2 Å². The van der Waals surface area contributed by atoms with E-state index in [0.29, 0.717) is 12.5 Å². The van der Waals surface area contributed by atoms with Gasteiger partial charge in [0.05, 0.1) is 14.2 Å². The Morgan fingerprint density at radius 3 is 2.50 bits per heavy atom. The van der Waals surface area contributed by atoms with Crippen LogP contribution in [0.3, 0.4) is 0 Å². The molecule has 90 valence electrons. The van der Waals surface area contributed by atoms with Crippen LogP contribution in [0.4, 0.5) is 0 Å². The Morgan fingerprint density at radius 2 is 2.00 bits per heavy atom. The van der Waals surface area contributed by atoms with E-state index in [0.717, 1.165) is 28.0 Å². The summed E-state index contributed by atoms with van der Waals surface area (Å²) in [5.41, 5.74) is 6.77. The van der Waals surface area contributed by atoms with E-state index in [1.807, 2.05) is 12.1 Å². The highest BCUT2D eigenvalue weighted by molar-refractivity contribution is 9.10. The fourth-order valence-electron chi connectivity index (χ4n) is 1.58. The number of rotatable bonds is 5. The summed E-state index contributed by atoms with van der Waals surface area (Å²) in [6.45, 7) is 2.80. The third kappa shape index (κ3) is 2.89. The average Bonchev–Trinajstić information content (AvgIpc) is 2.29. The van der Waals surface area contributed by atoms with E-state index < -0.39 is 0 Å². The van der Waals surface area contributed by atoms with Crippen molar-refractivity contribution in [3.05, 3.63) is 22.2 Å². The minimum absolute atomic E-state index is 0.439. The second-order valence-electron chi connectivity index (χ2n) is 3.82. The molecule has 0 heterocycles. The van der Waals surface area contributed by atoms with Crippen LogP contribution in [-0.2, 0) is 6.42 Å². The number of hydrogen-bond donors (Lipinski definition) is 1. The zero-order valence-electron chi connectivity index (χ0n) is 9.92. The fraction of sp³-hybridized carbons (Fsp3) is 0.500. The molecular weight excluding hydrogens is 270 g/mol.